The summed E-state index contributed by atoms with van der Waals surface area (Å²) in [5.74, 6) is 1.12. The lowest BCUT2D eigenvalue weighted by Gasteiger charge is -2.20. The molecule has 164 valence electrons. The van der Waals surface area contributed by atoms with Gasteiger partial charge in [-0.2, -0.15) is 8.78 Å². The van der Waals surface area contributed by atoms with Crippen molar-refractivity contribution in [3.05, 3.63) is 23.8 Å². The molecule has 1 fully saturated rings. The molecule has 10 heteroatoms. The van der Waals surface area contributed by atoms with E-state index in [0.717, 1.165) is 6.42 Å². The first-order valence-corrected chi connectivity index (χ1v) is 9.21. The second-order valence-corrected chi connectivity index (χ2v) is 6.85. The minimum Gasteiger partial charge on any atom is -0.497 e. The van der Waals surface area contributed by atoms with Crippen molar-refractivity contribution < 1.29 is 23.0 Å². The van der Waals surface area contributed by atoms with Gasteiger partial charge in [0.05, 0.1) is 7.11 Å². The van der Waals surface area contributed by atoms with Crippen molar-refractivity contribution in [2.24, 2.45) is 10.9 Å². The zero-order valence-electron chi connectivity index (χ0n) is 17.1. The van der Waals surface area contributed by atoms with Crippen LogP contribution in [-0.2, 0) is 11.3 Å². The van der Waals surface area contributed by atoms with Gasteiger partial charge in [-0.3, -0.25) is 9.79 Å². The number of carbonyl (C=O) groups is 1. The number of guanidine groups is 1. The molecule has 0 saturated carbocycles. The number of hydrogen-bond acceptors (Lipinski definition) is 4. The van der Waals surface area contributed by atoms with E-state index in [-0.39, 0.29) is 54.1 Å². The second-order valence-electron chi connectivity index (χ2n) is 6.85. The van der Waals surface area contributed by atoms with Gasteiger partial charge in [0.15, 0.2) is 5.96 Å². The molecular formula is C19H29F2IN4O3. The number of methoxy groups -OCH3 is 1. The van der Waals surface area contributed by atoms with Crippen molar-refractivity contribution in [2.75, 3.05) is 27.2 Å². The quantitative estimate of drug-likeness (QED) is 0.325. The largest absolute Gasteiger partial charge is 0.497 e. The SMILES string of the molecule is CN=C(NCc1ccc(OC)cc1OC(F)F)NC1CCN(C(=O)C(C)C)C1.I. The number of alkyl halides is 2. The van der Waals surface area contributed by atoms with E-state index in [2.05, 4.69) is 20.4 Å². The Morgan fingerprint density at radius 3 is 2.69 bits per heavy atom. The van der Waals surface area contributed by atoms with Crippen LogP contribution in [0.4, 0.5) is 8.78 Å². The van der Waals surface area contributed by atoms with Crippen LogP contribution in [0.2, 0.25) is 0 Å². The van der Waals surface area contributed by atoms with Gasteiger partial charge < -0.3 is 25.0 Å². The molecule has 0 bridgehead atoms. The average molecular weight is 526 g/mol. The van der Waals surface area contributed by atoms with E-state index >= 15 is 0 Å². The lowest BCUT2D eigenvalue weighted by molar-refractivity contribution is -0.133. The summed E-state index contributed by atoms with van der Waals surface area (Å²) in [5.41, 5.74) is 0.548. The molecule has 1 aromatic rings. The highest BCUT2D eigenvalue weighted by atomic mass is 127. The van der Waals surface area contributed by atoms with Gasteiger partial charge in [0, 0.05) is 50.3 Å². The molecule has 1 saturated heterocycles. The van der Waals surface area contributed by atoms with Crippen LogP contribution in [-0.4, -0.2) is 56.7 Å². The average Bonchev–Trinajstić information content (AvgIpc) is 3.12. The van der Waals surface area contributed by atoms with E-state index in [1.54, 1.807) is 19.2 Å². The molecule has 29 heavy (non-hydrogen) atoms. The first-order chi connectivity index (χ1) is 13.3. The predicted octanol–water partition coefficient (Wildman–Crippen LogP) is 2.84. The standard InChI is InChI=1S/C19H28F2N4O3.HI/c1-12(2)17(26)25-8-7-14(11-25)24-19(22-3)23-10-13-5-6-15(27-4)9-16(13)28-18(20)21;/h5-6,9,12,14,18H,7-8,10-11H2,1-4H3,(H2,22,23,24);1H. The predicted molar refractivity (Wildman–Crippen MR) is 118 cm³/mol. The van der Waals surface area contributed by atoms with Crippen LogP contribution in [0.25, 0.3) is 0 Å². The minimum absolute atomic E-state index is 0. The Morgan fingerprint density at radius 2 is 2.10 bits per heavy atom. The molecule has 0 aromatic heterocycles. The molecule has 1 aromatic carbocycles. The molecule has 0 aliphatic carbocycles. The normalized spacial score (nSPS) is 16.6. The van der Waals surface area contributed by atoms with Gasteiger partial charge in [-0.25, -0.2) is 0 Å². The van der Waals surface area contributed by atoms with E-state index in [1.165, 1.54) is 13.2 Å². The summed E-state index contributed by atoms with van der Waals surface area (Å²) in [6, 6.07) is 4.85. The number of ether oxygens (including phenoxy) is 2. The highest BCUT2D eigenvalue weighted by Gasteiger charge is 2.28. The van der Waals surface area contributed by atoms with E-state index in [4.69, 9.17) is 4.74 Å². The molecule has 2 N–H and O–H groups in total. The summed E-state index contributed by atoms with van der Waals surface area (Å²) < 4.78 is 35.0. The van der Waals surface area contributed by atoms with Crippen LogP contribution >= 0.6 is 24.0 Å². The number of benzene rings is 1. The number of aliphatic imine (C=N–C) groups is 1. The van der Waals surface area contributed by atoms with Gasteiger partial charge in [0.2, 0.25) is 5.91 Å². The summed E-state index contributed by atoms with van der Waals surface area (Å²) in [6.07, 6.45) is 0.821. The highest BCUT2D eigenvalue weighted by molar-refractivity contribution is 14.0. The lowest BCUT2D eigenvalue weighted by atomic mass is 10.2. The molecule has 2 rings (SSSR count). The number of halogens is 3. The third-order valence-corrected chi connectivity index (χ3v) is 4.49. The number of nitrogens with one attached hydrogen (secondary N) is 2. The summed E-state index contributed by atoms with van der Waals surface area (Å²) in [6.45, 7) is 2.41. The van der Waals surface area contributed by atoms with Crippen molar-refractivity contribution in [1.82, 2.24) is 15.5 Å². The topological polar surface area (TPSA) is 75.2 Å². The second kappa shape index (κ2) is 12.0. The maximum absolute atomic E-state index is 12.7. The van der Waals surface area contributed by atoms with Crippen LogP contribution < -0.4 is 20.1 Å². The fourth-order valence-electron chi connectivity index (χ4n) is 3.02. The van der Waals surface area contributed by atoms with Crippen LogP contribution in [0, 0.1) is 5.92 Å². The molecule has 1 atom stereocenters. The fourth-order valence-corrected chi connectivity index (χ4v) is 3.02. The zero-order chi connectivity index (χ0) is 20.7. The highest BCUT2D eigenvalue weighted by Crippen LogP contribution is 2.26. The van der Waals surface area contributed by atoms with Crippen LogP contribution in [0.5, 0.6) is 11.5 Å². The molecule has 1 aliphatic heterocycles. The molecule has 1 unspecified atom stereocenters. The number of nitrogens with zero attached hydrogens (tertiary/aromatic N) is 2. The van der Waals surface area contributed by atoms with Gasteiger partial charge in [0.25, 0.3) is 0 Å². The number of hydrogen-bond donors (Lipinski definition) is 2. The van der Waals surface area contributed by atoms with Gasteiger partial charge in [0.1, 0.15) is 11.5 Å². The minimum atomic E-state index is -2.92. The van der Waals surface area contributed by atoms with Gasteiger partial charge in [-0.1, -0.05) is 13.8 Å². The summed E-state index contributed by atoms with van der Waals surface area (Å²) in [7, 11) is 3.09. The molecule has 7 nitrogen and oxygen atoms in total. The number of rotatable bonds is 7. The Morgan fingerprint density at radius 1 is 1.38 bits per heavy atom. The van der Waals surface area contributed by atoms with Crippen molar-refractivity contribution in [3.63, 3.8) is 0 Å². The molecular weight excluding hydrogens is 497 g/mol. The maximum Gasteiger partial charge on any atom is 0.387 e. The molecule has 1 heterocycles. The van der Waals surface area contributed by atoms with Crippen LogP contribution in [0.1, 0.15) is 25.8 Å². The smallest absolute Gasteiger partial charge is 0.387 e. The van der Waals surface area contributed by atoms with Crippen LogP contribution in [0.3, 0.4) is 0 Å². The van der Waals surface area contributed by atoms with E-state index in [1.807, 2.05) is 18.7 Å². The molecule has 1 aliphatic rings. The molecule has 1 amide bonds. The van der Waals surface area contributed by atoms with Crippen LogP contribution in [0.15, 0.2) is 23.2 Å². The van der Waals surface area contributed by atoms with Gasteiger partial charge in [-0.05, 0) is 18.6 Å². The van der Waals surface area contributed by atoms with Crippen molar-refractivity contribution in [1.29, 1.82) is 0 Å². The zero-order valence-corrected chi connectivity index (χ0v) is 19.4. The Kier molecular flexibility index (Phi) is 10.4. The Bertz CT molecular complexity index is 704. The first kappa shape index (κ1) is 25.2. The summed E-state index contributed by atoms with van der Waals surface area (Å²) >= 11 is 0. The number of carbonyl (C=O) groups excluding carboxylic acids is 1. The van der Waals surface area contributed by atoms with Gasteiger partial charge >= 0.3 is 6.61 Å². The van der Waals surface area contributed by atoms with Crippen molar-refractivity contribution in [3.8, 4) is 11.5 Å². The van der Waals surface area contributed by atoms with Crippen molar-refractivity contribution >= 4 is 35.8 Å². The van der Waals surface area contributed by atoms with Gasteiger partial charge in [-0.15, -0.1) is 24.0 Å². The Hall–Kier alpha value is -1.85. The Balaban J connectivity index is 0.00000420. The summed E-state index contributed by atoms with van der Waals surface area (Å²) in [5, 5.41) is 6.37. The van der Waals surface area contributed by atoms with E-state index < -0.39 is 6.61 Å². The Labute approximate surface area is 187 Å². The maximum atomic E-state index is 12.7. The van der Waals surface area contributed by atoms with Crippen molar-refractivity contribution in [2.45, 2.75) is 39.5 Å². The monoisotopic (exact) mass is 526 g/mol. The first-order valence-electron chi connectivity index (χ1n) is 9.21. The molecule has 0 radical (unpaired) electrons. The fraction of sp³-hybridized carbons (Fsp3) is 0.579. The third-order valence-electron chi connectivity index (χ3n) is 4.49. The number of likely N-dealkylation sites (tertiary alicyclic amines) is 1. The number of amides is 1. The third kappa shape index (κ3) is 7.48. The lowest BCUT2D eigenvalue weighted by Crippen LogP contribution is -2.45. The van der Waals surface area contributed by atoms with E-state index in [9.17, 15) is 13.6 Å². The van der Waals surface area contributed by atoms with E-state index in [0.29, 0.717) is 30.4 Å². The molecule has 0 spiro atoms. The summed E-state index contributed by atoms with van der Waals surface area (Å²) in [4.78, 5) is 18.1.